The first-order valence-corrected chi connectivity index (χ1v) is 18.9. The fraction of sp³-hybridized carbons (Fsp3) is 0. The van der Waals surface area contributed by atoms with E-state index in [4.69, 9.17) is 19.4 Å². The van der Waals surface area contributed by atoms with Crippen LogP contribution in [0.2, 0.25) is 0 Å². The third-order valence-corrected chi connectivity index (χ3v) is 11.2. The van der Waals surface area contributed by atoms with E-state index < -0.39 is 0 Å². The Kier molecular flexibility index (Phi) is 6.56. The molecule has 0 saturated carbocycles. The van der Waals surface area contributed by atoms with Crippen molar-refractivity contribution < 1.29 is 4.42 Å². The fourth-order valence-electron chi connectivity index (χ4n) is 8.61. The first kappa shape index (κ1) is 30.8. The summed E-state index contributed by atoms with van der Waals surface area (Å²) in [6, 6.07) is 63.6. The summed E-state index contributed by atoms with van der Waals surface area (Å²) in [6.07, 6.45) is 0. The van der Waals surface area contributed by atoms with Crippen molar-refractivity contribution in [3.8, 4) is 56.4 Å². The smallest absolute Gasteiger partial charge is 0.164 e. The van der Waals surface area contributed by atoms with Gasteiger partial charge in [0.1, 0.15) is 11.2 Å². The highest BCUT2D eigenvalue weighted by Gasteiger charge is 2.25. The number of fused-ring (bicyclic) bond motifs is 10. The number of hydrogen-bond acceptors (Lipinski definition) is 4. The van der Waals surface area contributed by atoms with E-state index >= 15 is 0 Å². The molecule has 4 aromatic heterocycles. The summed E-state index contributed by atoms with van der Waals surface area (Å²) in [5.41, 5.74) is 12.5. The van der Waals surface area contributed by atoms with E-state index in [1.807, 2.05) is 18.2 Å². The molecule has 0 N–H and O–H groups in total. The van der Waals surface area contributed by atoms with Gasteiger partial charge in [-0.3, -0.25) is 0 Å². The van der Waals surface area contributed by atoms with Gasteiger partial charge >= 0.3 is 0 Å². The van der Waals surface area contributed by atoms with Crippen LogP contribution in [0.4, 0.5) is 0 Å². The predicted octanol–water partition coefficient (Wildman–Crippen LogP) is 13.3. The zero-order valence-corrected chi connectivity index (χ0v) is 30.0. The Labute approximate surface area is 321 Å². The van der Waals surface area contributed by atoms with E-state index in [1.165, 1.54) is 32.7 Å². The summed E-state index contributed by atoms with van der Waals surface area (Å²) in [7, 11) is 0. The van der Waals surface area contributed by atoms with Gasteiger partial charge < -0.3 is 8.82 Å². The minimum absolute atomic E-state index is 0.594. The first-order chi connectivity index (χ1) is 27.8. The minimum atomic E-state index is 0.594. The maximum absolute atomic E-state index is 6.89. The van der Waals surface area contributed by atoms with Gasteiger partial charge in [0, 0.05) is 43.6 Å². The molecule has 5 nitrogen and oxygen atoms in total. The average Bonchev–Trinajstić information content (AvgIpc) is 3.94. The van der Waals surface area contributed by atoms with Crippen LogP contribution in [0.25, 0.3) is 116 Å². The van der Waals surface area contributed by atoms with E-state index in [9.17, 15) is 0 Å². The predicted molar refractivity (Wildman–Crippen MR) is 229 cm³/mol. The van der Waals surface area contributed by atoms with E-state index in [-0.39, 0.29) is 0 Å². The SMILES string of the molecule is c1ccc(-c2ccc(-c3nc(-c4ccc(-c5ccccc5)cc4)nc(-c4cccc5oc6c(cc7c8ccccc8n8c9ccccc9c6c78)c45)n3)cc2)cc1. The maximum Gasteiger partial charge on any atom is 0.164 e. The van der Waals surface area contributed by atoms with Gasteiger partial charge in [-0.15, -0.1) is 0 Å². The second-order valence-electron chi connectivity index (χ2n) is 14.4. The van der Waals surface area contributed by atoms with E-state index in [2.05, 4.69) is 168 Å². The normalized spacial score (nSPS) is 11.9. The zero-order chi connectivity index (χ0) is 36.7. The molecule has 0 atom stereocenters. The molecule has 0 spiro atoms. The molecule has 12 rings (SSSR count). The van der Waals surface area contributed by atoms with Crippen molar-refractivity contribution in [1.29, 1.82) is 0 Å². The molecule has 0 saturated heterocycles. The summed E-state index contributed by atoms with van der Waals surface area (Å²) in [6.45, 7) is 0. The third-order valence-electron chi connectivity index (χ3n) is 11.2. The number of benzene rings is 8. The zero-order valence-electron chi connectivity index (χ0n) is 30.0. The number of hydrogen-bond donors (Lipinski definition) is 0. The Bertz CT molecular complexity index is 3340. The van der Waals surface area contributed by atoms with Crippen LogP contribution in [0.5, 0.6) is 0 Å². The fourth-order valence-corrected chi connectivity index (χ4v) is 8.61. The molecule has 0 aliphatic rings. The number of rotatable bonds is 5. The van der Waals surface area contributed by atoms with Crippen molar-refractivity contribution in [2.75, 3.05) is 0 Å². The van der Waals surface area contributed by atoms with Gasteiger partial charge in [0.2, 0.25) is 0 Å². The summed E-state index contributed by atoms with van der Waals surface area (Å²) >= 11 is 0. The lowest BCUT2D eigenvalue weighted by atomic mass is 10.0. The van der Waals surface area contributed by atoms with Gasteiger partial charge in [-0.05, 0) is 46.5 Å². The van der Waals surface area contributed by atoms with Gasteiger partial charge in [0.25, 0.3) is 0 Å². The Morgan fingerprint density at radius 3 is 1.48 bits per heavy atom. The molecule has 8 aromatic carbocycles. The van der Waals surface area contributed by atoms with Gasteiger partial charge in [0.15, 0.2) is 17.5 Å². The minimum Gasteiger partial charge on any atom is -0.455 e. The van der Waals surface area contributed by atoms with Crippen LogP contribution in [0, 0.1) is 0 Å². The number of para-hydroxylation sites is 2. The molecule has 0 fully saturated rings. The van der Waals surface area contributed by atoms with Crippen LogP contribution in [0.15, 0.2) is 186 Å². The number of aromatic nitrogens is 4. The second-order valence-corrected chi connectivity index (χ2v) is 14.4. The van der Waals surface area contributed by atoms with Crippen LogP contribution in [-0.4, -0.2) is 19.4 Å². The quantitative estimate of drug-likeness (QED) is 0.178. The summed E-state index contributed by atoms with van der Waals surface area (Å²) in [5.74, 6) is 1.82. The Morgan fingerprint density at radius 2 is 0.857 bits per heavy atom. The van der Waals surface area contributed by atoms with Crippen molar-refractivity contribution in [3.05, 3.63) is 182 Å². The molecule has 4 heterocycles. The lowest BCUT2D eigenvalue weighted by Crippen LogP contribution is -2.00. The molecule has 12 aromatic rings. The molecule has 56 heavy (non-hydrogen) atoms. The molecule has 0 unspecified atom stereocenters. The second kappa shape index (κ2) is 11.9. The van der Waals surface area contributed by atoms with E-state index in [0.717, 1.165) is 66.3 Å². The molecule has 260 valence electrons. The van der Waals surface area contributed by atoms with Crippen LogP contribution in [0.3, 0.4) is 0 Å². The topological polar surface area (TPSA) is 56.2 Å². The summed E-state index contributed by atoms with van der Waals surface area (Å²) in [5, 5.41) is 6.75. The van der Waals surface area contributed by atoms with Crippen LogP contribution in [-0.2, 0) is 0 Å². The van der Waals surface area contributed by atoms with Crippen molar-refractivity contribution in [1.82, 2.24) is 19.4 Å². The van der Waals surface area contributed by atoms with Gasteiger partial charge in [-0.2, -0.15) is 0 Å². The monoisotopic (exact) mass is 714 g/mol. The first-order valence-electron chi connectivity index (χ1n) is 18.9. The number of nitrogens with zero attached hydrogens (tertiary/aromatic N) is 4. The molecular formula is C51H30N4O. The van der Waals surface area contributed by atoms with Crippen molar-refractivity contribution in [2.45, 2.75) is 0 Å². The standard InChI is InChI=1S/C51H30N4O/c1-3-12-31(13-4-1)33-22-26-35(27-23-33)49-52-50(36-28-24-34(25-29-36)32-14-5-2-6-15-32)54-51(53-49)39-18-11-21-44-45(39)41-30-40-37-16-7-9-19-42(37)55-43-20-10-8-17-38(43)46(47(40)55)48(41)56-44/h1-30H. The van der Waals surface area contributed by atoms with Crippen LogP contribution < -0.4 is 0 Å². The van der Waals surface area contributed by atoms with Crippen molar-refractivity contribution in [3.63, 3.8) is 0 Å². The van der Waals surface area contributed by atoms with E-state index in [1.54, 1.807) is 0 Å². The molecule has 0 aliphatic heterocycles. The summed E-state index contributed by atoms with van der Waals surface area (Å²) in [4.78, 5) is 15.6. The molecule has 0 amide bonds. The van der Waals surface area contributed by atoms with Crippen molar-refractivity contribution >= 4 is 60.0 Å². The Morgan fingerprint density at radius 1 is 0.357 bits per heavy atom. The number of furan rings is 1. The lowest BCUT2D eigenvalue weighted by Gasteiger charge is -2.10. The maximum atomic E-state index is 6.89. The van der Waals surface area contributed by atoms with Gasteiger partial charge in [-0.25, -0.2) is 15.0 Å². The summed E-state index contributed by atoms with van der Waals surface area (Å²) < 4.78 is 9.28. The highest BCUT2D eigenvalue weighted by Crippen LogP contribution is 2.47. The van der Waals surface area contributed by atoms with Crippen LogP contribution in [0.1, 0.15) is 0 Å². The highest BCUT2D eigenvalue weighted by molar-refractivity contribution is 6.33. The van der Waals surface area contributed by atoms with Crippen LogP contribution >= 0.6 is 0 Å². The van der Waals surface area contributed by atoms with E-state index in [0.29, 0.717) is 17.5 Å². The molecule has 0 bridgehead atoms. The van der Waals surface area contributed by atoms with Gasteiger partial charge in [0.05, 0.1) is 21.9 Å². The Hall–Kier alpha value is -7.63. The van der Waals surface area contributed by atoms with Gasteiger partial charge in [-0.1, -0.05) is 158 Å². The molecule has 0 aliphatic carbocycles. The Balaban J connectivity index is 1.10. The largest absolute Gasteiger partial charge is 0.455 e. The molecule has 0 radical (unpaired) electrons. The third kappa shape index (κ3) is 4.58. The molecule has 5 heteroatoms. The highest BCUT2D eigenvalue weighted by atomic mass is 16.3. The average molecular weight is 715 g/mol. The lowest BCUT2D eigenvalue weighted by molar-refractivity contribution is 0.673. The van der Waals surface area contributed by atoms with Crippen molar-refractivity contribution in [2.24, 2.45) is 0 Å². The molecular weight excluding hydrogens is 685 g/mol.